The van der Waals surface area contributed by atoms with E-state index in [9.17, 15) is 9.90 Å². The smallest absolute Gasteiger partial charge is 0.494 e. The van der Waals surface area contributed by atoms with Gasteiger partial charge in [0.1, 0.15) is 11.9 Å². The fourth-order valence-electron chi connectivity index (χ4n) is 3.56. The summed E-state index contributed by atoms with van der Waals surface area (Å²) < 4.78 is 16.2. The van der Waals surface area contributed by atoms with E-state index in [1.54, 1.807) is 0 Å². The molecule has 0 unspecified atom stereocenters. The Kier molecular flexibility index (Phi) is 9.62. The lowest BCUT2D eigenvalue weighted by Crippen LogP contribution is -2.35. The van der Waals surface area contributed by atoms with Gasteiger partial charge in [0.05, 0.1) is 18.8 Å². The molecule has 1 aliphatic rings. The highest BCUT2D eigenvalue weighted by Crippen LogP contribution is 2.38. The lowest BCUT2D eigenvalue weighted by Gasteiger charge is -2.36. The molecule has 0 heterocycles. The second-order valence-corrected chi connectivity index (χ2v) is 7.73. The molecule has 0 atom stereocenters. The summed E-state index contributed by atoms with van der Waals surface area (Å²) in [6.07, 6.45) is 8.05. The number of unbranched alkanes of at least 4 members (excludes halogenated alkanes) is 4. The predicted molar refractivity (Wildman–Crippen MR) is 110 cm³/mol. The Morgan fingerprint density at radius 2 is 1.61 bits per heavy atom. The summed E-state index contributed by atoms with van der Waals surface area (Å²) in [5, 5.41) is 11.0. The van der Waals surface area contributed by atoms with Crippen LogP contribution in [0.2, 0.25) is 0 Å². The number of hydrogen-bond acceptors (Lipinski definition) is 5. The van der Waals surface area contributed by atoms with Crippen LogP contribution < -0.4 is 4.74 Å². The van der Waals surface area contributed by atoms with Crippen LogP contribution in [0.5, 0.6) is 5.75 Å². The first-order valence-corrected chi connectivity index (χ1v) is 10.9. The Labute approximate surface area is 169 Å². The average Bonchev–Trinajstić information content (AvgIpc) is 2.71. The number of benzene rings is 1. The highest BCUT2D eigenvalue weighted by Gasteiger charge is 2.36. The van der Waals surface area contributed by atoms with Gasteiger partial charge in [-0.25, -0.2) is 4.79 Å². The summed E-state index contributed by atoms with van der Waals surface area (Å²) in [5.74, 6) is 0.839. The van der Waals surface area contributed by atoms with Gasteiger partial charge in [-0.3, -0.25) is 0 Å². The number of aliphatic hydroxyl groups is 1. The molecule has 0 spiro atoms. The molecule has 0 radical (unpaired) electrons. The molecule has 1 aliphatic carbocycles. The fraction of sp³-hybridized carbons (Fsp3) is 0.696. The standard InChI is InChI=1S/C23H36O5/c1-3-5-7-17-26-20-11-9-19(10-12-20)23(25)15-13-21(14-16-23)28-22(24)27-18-8-6-4-2/h9-12,21,25H,3-8,13-18H2,1-2H3. The van der Waals surface area contributed by atoms with Gasteiger partial charge >= 0.3 is 6.16 Å². The van der Waals surface area contributed by atoms with Crippen LogP contribution in [-0.2, 0) is 15.1 Å². The Bertz CT molecular complexity index is 561. The van der Waals surface area contributed by atoms with Crippen LogP contribution in [0.1, 0.15) is 83.6 Å². The Morgan fingerprint density at radius 3 is 2.21 bits per heavy atom. The number of carbonyl (C=O) groups excluding carboxylic acids is 1. The van der Waals surface area contributed by atoms with Crippen molar-refractivity contribution in [1.82, 2.24) is 0 Å². The third-order valence-electron chi connectivity index (χ3n) is 5.40. The highest BCUT2D eigenvalue weighted by atomic mass is 16.7. The summed E-state index contributed by atoms with van der Waals surface area (Å²) in [6, 6.07) is 7.74. The molecular formula is C23H36O5. The number of hydrogen-bond donors (Lipinski definition) is 1. The van der Waals surface area contributed by atoms with Crippen LogP contribution in [-0.4, -0.2) is 30.6 Å². The third kappa shape index (κ3) is 7.34. The second kappa shape index (κ2) is 11.9. The maximum absolute atomic E-state index is 11.7. The van der Waals surface area contributed by atoms with E-state index in [-0.39, 0.29) is 6.10 Å². The van der Waals surface area contributed by atoms with Gasteiger partial charge in [0.25, 0.3) is 0 Å². The predicted octanol–water partition coefficient (Wildman–Crippen LogP) is 5.73. The van der Waals surface area contributed by atoms with Crippen molar-refractivity contribution in [3.8, 4) is 5.75 Å². The van der Waals surface area contributed by atoms with Crippen molar-refractivity contribution in [2.75, 3.05) is 13.2 Å². The van der Waals surface area contributed by atoms with Crippen molar-refractivity contribution in [1.29, 1.82) is 0 Å². The maximum atomic E-state index is 11.7. The Hall–Kier alpha value is -1.75. The molecule has 158 valence electrons. The van der Waals surface area contributed by atoms with E-state index in [1.807, 2.05) is 24.3 Å². The largest absolute Gasteiger partial charge is 0.508 e. The zero-order chi connectivity index (χ0) is 20.2. The molecule has 1 aromatic rings. The van der Waals surface area contributed by atoms with Crippen LogP contribution >= 0.6 is 0 Å². The molecule has 1 aromatic carbocycles. The first kappa shape index (κ1) is 22.5. The zero-order valence-electron chi connectivity index (χ0n) is 17.5. The molecule has 0 bridgehead atoms. The van der Waals surface area contributed by atoms with Crippen LogP contribution in [0.15, 0.2) is 24.3 Å². The Balaban J connectivity index is 1.75. The van der Waals surface area contributed by atoms with Crippen LogP contribution in [0.3, 0.4) is 0 Å². The van der Waals surface area contributed by atoms with Crippen LogP contribution in [0.25, 0.3) is 0 Å². The van der Waals surface area contributed by atoms with E-state index in [1.165, 1.54) is 12.8 Å². The molecule has 0 aromatic heterocycles. The van der Waals surface area contributed by atoms with Gasteiger partial charge in [-0.05, 0) is 56.2 Å². The monoisotopic (exact) mass is 392 g/mol. The molecule has 1 fully saturated rings. The molecule has 5 nitrogen and oxygen atoms in total. The molecular weight excluding hydrogens is 356 g/mol. The molecule has 1 N–H and O–H groups in total. The minimum atomic E-state index is -0.869. The lowest BCUT2D eigenvalue weighted by molar-refractivity contribution is -0.0538. The quantitative estimate of drug-likeness (QED) is 0.385. The van der Waals surface area contributed by atoms with Crippen molar-refractivity contribution >= 4 is 6.16 Å². The van der Waals surface area contributed by atoms with Crippen molar-refractivity contribution in [3.63, 3.8) is 0 Å². The zero-order valence-corrected chi connectivity index (χ0v) is 17.5. The summed E-state index contributed by atoms with van der Waals surface area (Å²) in [4.78, 5) is 11.7. The molecule has 1 saturated carbocycles. The van der Waals surface area contributed by atoms with Crippen molar-refractivity contribution in [2.24, 2.45) is 0 Å². The van der Waals surface area contributed by atoms with E-state index < -0.39 is 11.8 Å². The summed E-state index contributed by atoms with van der Waals surface area (Å²) in [5.41, 5.74) is 0.0278. The van der Waals surface area contributed by atoms with Gasteiger partial charge in [0, 0.05) is 0 Å². The minimum absolute atomic E-state index is 0.180. The summed E-state index contributed by atoms with van der Waals surface area (Å²) >= 11 is 0. The summed E-state index contributed by atoms with van der Waals surface area (Å²) in [7, 11) is 0. The molecule has 0 saturated heterocycles. The topological polar surface area (TPSA) is 65.0 Å². The van der Waals surface area contributed by atoms with Crippen molar-refractivity contribution in [3.05, 3.63) is 29.8 Å². The molecule has 2 rings (SSSR count). The molecule has 5 heteroatoms. The SMILES string of the molecule is CCCCCOC(=O)OC1CCC(O)(c2ccc(OCCCCC)cc2)CC1. The second-order valence-electron chi connectivity index (χ2n) is 7.73. The van der Waals surface area contributed by atoms with Gasteiger partial charge in [-0.15, -0.1) is 0 Å². The first-order valence-electron chi connectivity index (χ1n) is 10.9. The van der Waals surface area contributed by atoms with E-state index in [4.69, 9.17) is 14.2 Å². The average molecular weight is 393 g/mol. The number of rotatable bonds is 11. The van der Waals surface area contributed by atoms with Gasteiger partial charge in [-0.2, -0.15) is 0 Å². The van der Waals surface area contributed by atoms with Crippen molar-refractivity contribution < 1.29 is 24.1 Å². The first-order chi connectivity index (χ1) is 13.6. The van der Waals surface area contributed by atoms with Gasteiger partial charge in [0.2, 0.25) is 0 Å². The molecule has 0 aliphatic heterocycles. The normalized spacial score (nSPS) is 21.9. The number of carbonyl (C=O) groups is 1. The Morgan fingerprint density at radius 1 is 1.00 bits per heavy atom. The molecule has 0 amide bonds. The van der Waals surface area contributed by atoms with E-state index in [0.717, 1.165) is 43.6 Å². The van der Waals surface area contributed by atoms with Gasteiger partial charge in [0.15, 0.2) is 0 Å². The third-order valence-corrected chi connectivity index (χ3v) is 5.40. The van der Waals surface area contributed by atoms with Crippen LogP contribution in [0.4, 0.5) is 4.79 Å². The van der Waals surface area contributed by atoms with E-state index in [2.05, 4.69) is 13.8 Å². The minimum Gasteiger partial charge on any atom is -0.494 e. The van der Waals surface area contributed by atoms with Crippen LogP contribution in [0, 0.1) is 0 Å². The van der Waals surface area contributed by atoms with Crippen molar-refractivity contribution in [2.45, 2.75) is 89.8 Å². The molecule has 28 heavy (non-hydrogen) atoms. The van der Waals surface area contributed by atoms with Gasteiger partial charge in [-0.1, -0.05) is 51.7 Å². The van der Waals surface area contributed by atoms with Gasteiger partial charge < -0.3 is 19.3 Å². The number of ether oxygens (including phenoxy) is 3. The summed E-state index contributed by atoms with van der Waals surface area (Å²) in [6.45, 7) is 5.42. The highest BCUT2D eigenvalue weighted by molar-refractivity contribution is 5.60. The lowest BCUT2D eigenvalue weighted by atomic mass is 9.78. The van der Waals surface area contributed by atoms with E-state index >= 15 is 0 Å². The maximum Gasteiger partial charge on any atom is 0.508 e. The van der Waals surface area contributed by atoms with E-state index in [0.29, 0.717) is 32.3 Å². The fourth-order valence-corrected chi connectivity index (χ4v) is 3.56.